The lowest BCUT2D eigenvalue weighted by Gasteiger charge is -2.13. The van der Waals surface area contributed by atoms with Gasteiger partial charge in [0.15, 0.2) is 0 Å². The van der Waals surface area contributed by atoms with E-state index < -0.39 is 10.0 Å². The Morgan fingerprint density at radius 3 is 2.77 bits per heavy atom. The van der Waals surface area contributed by atoms with Crippen LogP contribution in [0.3, 0.4) is 0 Å². The van der Waals surface area contributed by atoms with Gasteiger partial charge in [0, 0.05) is 24.4 Å². The third-order valence-corrected chi connectivity index (χ3v) is 6.27. The molecule has 0 spiro atoms. The van der Waals surface area contributed by atoms with Gasteiger partial charge >= 0.3 is 0 Å². The van der Waals surface area contributed by atoms with Crippen molar-refractivity contribution in [2.75, 3.05) is 25.1 Å². The molecule has 1 amide bonds. The highest BCUT2D eigenvalue weighted by molar-refractivity contribution is 7.89. The van der Waals surface area contributed by atoms with Gasteiger partial charge in [0.25, 0.3) is 5.91 Å². The Hall–Kier alpha value is -2.42. The van der Waals surface area contributed by atoms with Crippen LogP contribution in [0.1, 0.15) is 42.1 Å². The number of anilines is 1. The fraction of sp³-hybridized carbons (Fsp3) is 0.409. The van der Waals surface area contributed by atoms with Gasteiger partial charge in [-0.1, -0.05) is 13.0 Å². The maximum atomic E-state index is 12.7. The number of aryl methyl sites for hydroxylation is 1. The Kier molecular flexibility index (Phi) is 7.47. The molecule has 0 aliphatic carbocycles. The molecular weight excluding hydrogens is 404 g/mol. The summed E-state index contributed by atoms with van der Waals surface area (Å²) >= 11 is 0. The maximum Gasteiger partial charge on any atom is 0.255 e. The first kappa shape index (κ1) is 22.3. The fourth-order valence-electron chi connectivity index (χ4n) is 3.18. The number of carbonyl (C=O) groups excluding carboxylic acids is 1. The molecule has 0 bridgehead atoms. The molecular formula is C22H28N2O5S. The van der Waals surface area contributed by atoms with E-state index >= 15 is 0 Å². The maximum absolute atomic E-state index is 12.7. The predicted octanol–water partition coefficient (Wildman–Crippen LogP) is 3.49. The van der Waals surface area contributed by atoms with E-state index in [9.17, 15) is 13.2 Å². The summed E-state index contributed by atoms with van der Waals surface area (Å²) in [5.41, 5.74) is 1.77. The van der Waals surface area contributed by atoms with E-state index in [1.54, 1.807) is 24.3 Å². The van der Waals surface area contributed by atoms with Crippen LogP contribution < -0.4 is 14.8 Å². The van der Waals surface area contributed by atoms with Crippen LogP contribution >= 0.6 is 0 Å². The van der Waals surface area contributed by atoms with Crippen LogP contribution in [0.4, 0.5) is 5.69 Å². The number of sulfonamides is 1. The van der Waals surface area contributed by atoms with Crippen molar-refractivity contribution < 1.29 is 22.7 Å². The Bertz CT molecular complexity index is 985. The van der Waals surface area contributed by atoms with Gasteiger partial charge < -0.3 is 14.8 Å². The van der Waals surface area contributed by atoms with Crippen molar-refractivity contribution in [2.24, 2.45) is 0 Å². The minimum atomic E-state index is -3.73. The van der Waals surface area contributed by atoms with Crippen molar-refractivity contribution in [3.63, 3.8) is 0 Å². The predicted molar refractivity (Wildman–Crippen MR) is 116 cm³/mol. The first-order valence-electron chi connectivity index (χ1n) is 10.1. The zero-order chi connectivity index (χ0) is 21.6. The van der Waals surface area contributed by atoms with Gasteiger partial charge in [-0.05, 0) is 68.1 Å². The van der Waals surface area contributed by atoms with Crippen LogP contribution in [0.25, 0.3) is 0 Å². The Morgan fingerprint density at radius 2 is 2.07 bits per heavy atom. The summed E-state index contributed by atoms with van der Waals surface area (Å²) in [5, 5.41) is 2.84. The summed E-state index contributed by atoms with van der Waals surface area (Å²) in [6.45, 7) is 5.43. The first-order chi connectivity index (χ1) is 14.4. The molecule has 1 fully saturated rings. The minimum absolute atomic E-state index is 0.0492. The van der Waals surface area contributed by atoms with Gasteiger partial charge in [-0.25, -0.2) is 13.1 Å². The molecule has 3 rings (SSSR count). The molecule has 0 aromatic heterocycles. The summed E-state index contributed by atoms with van der Waals surface area (Å²) in [6.07, 6.45) is 2.59. The van der Waals surface area contributed by atoms with E-state index in [0.29, 0.717) is 18.9 Å². The Morgan fingerprint density at radius 1 is 1.23 bits per heavy atom. The first-order valence-corrected chi connectivity index (χ1v) is 11.6. The lowest BCUT2D eigenvalue weighted by Crippen LogP contribution is -2.32. The zero-order valence-corrected chi connectivity index (χ0v) is 18.1. The van der Waals surface area contributed by atoms with Crippen molar-refractivity contribution in [1.29, 1.82) is 0 Å². The minimum Gasteiger partial charge on any atom is -0.494 e. The average molecular weight is 433 g/mol. The quantitative estimate of drug-likeness (QED) is 0.633. The van der Waals surface area contributed by atoms with Crippen molar-refractivity contribution in [1.82, 2.24) is 4.72 Å². The Balaban J connectivity index is 1.68. The molecule has 8 heteroatoms. The fourth-order valence-corrected chi connectivity index (χ4v) is 4.29. The van der Waals surface area contributed by atoms with Crippen LogP contribution in [0.15, 0.2) is 47.4 Å². The van der Waals surface area contributed by atoms with Crippen molar-refractivity contribution in [3.8, 4) is 5.75 Å². The second-order valence-electron chi connectivity index (χ2n) is 7.29. The number of carbonyl (C=O) groups is 1. The summed E-state index contributed by atoms with van der Waals surface area (Å²) in [4.78, 5) is 12.7. The number of benzene rings is 2. The molecule has 2 N–H and O–H groups in total. The van der Waals surface area contributed by atoms with Crippen LogP contribution in [0.2, 0.25) is 0 Å². The number of nitrogens with one attached hydrogen (secondary N) is 2. The van der Waals surface area contributed by atoms with Crippen LogP contribution in [0, 0.1) is 6.92 Å². The van der Waals surface area contributed by atoms with E-state index in [4.69, 9.17) is 9.47 Å². The van der Waals surface area contributed by atoms with Crippen molar-refractivity contribution in [3.05, 3.63) is 53.6 Å². The van der Waals surface area contributed by atoms with Gasteiger partial charge in [-0.3, -0.25) is 4.79 Å². The molecule has 1 aliphatic heterocycles. The standard InChI is InChI=1S/C22H28N2O5S/c1-3-11-28-18-9-10-21(16(2)13-18)24-22(25)17-6-4-8-20(14-17)30(26,27)23-15-19-7-5-12-29-19/h4,6,8-10,13-14,19,23H,3,5,7,11-12,15H2,1-2H3,(H,24,25). The van der Waals surface area contributed by atoms with Crippen LogP contribution in [-0.4, -0.2) is 40.2 Å². The smallest absolute Gasteiger partial charge is 0.255 e. The third-order valence-electron chi connectivity index (χ3n) is 4.85. The van der Waals surface area contributed by atoms with Gasteiger partial charge in [-0.2, -0.15) is 0 Å². The molecule has 30 heavy (non-hydrogen) atoms. The van der Waals surface area contributed by atoms with Gasteiger partial charge in [0.1, 0.15) is 5.75 Å². The molecule has 7 nitrogen and oxygen atoms in total. The molecule has 2 aromatic carbocycles. The average Bonchev–Trinajstić information content (AvgIpc) is 3.26. The molecule has 1 aliphatic rings. The van der Waals surface area contributed by atoms with E-state index in [0.717, 1.165) is 30.6 Å². The highest BCUT2D eigenvalue weighted by atomic mass is 32.2. The number of amides is 1. The Labute approximate surface area is 177 Å². The molecule has 1 saturated heterocycles. The lowest BCUT2D eigenvalue weighted by atomic mass is 10.1. The monoisotopic (exact) mass is 432 g/mol. The van der Waals surface area contributed by atoms with Gasteiger partial charge in [0.2, 0.25) is 10.0 Å². The van der Waals surface area contributed by atoms with E-state index in [1.807, 2.05) is 19.9 Å². The molecule has 1 heterocycles. The van der Waals surface area contributed by atoms with Gasteiger partial charge in [-0.15, -0.1) is 0 Å². The lowest BCUT2D eigenvalue weighted by molar-refractivity contribution is 0.102. The normalized spacial score (nSPS) is 16.4. The highest BCUT2D eigenvalue weighted by Crippen LogP contribution is 2.23. The summed E-state index contributed by atoms with van der Waals surface area (Å²) in [6, 6.07) is 11.4. The van der Waals surface area contributed by atoms with Crippen molar-refractivity contribution in [2.45, 2.75) is 44.1 Å². The van der Waals surface area contributed by atoms with E-state index in [1.165, 1.54) is 12.1 Å². The largest absolute Gasteiger partial charge is 0.494 e. The molecule has 1 atom stereocenters. The van der Waals surface area contributed by atoms with Crippen LogP contribution in [-0.2, 0) is 14.8 Å². The van der Waals surface area contributed by atoms with E-state index in [-0.39, 0.29) is 29.0 Å². The highest BCUT2D eigenvalue weighted by Gasteiger charge is 2.21. The number of rotatable bonds is 9. The molecule has 1 unspecified atom stereocenters. The van der Waals surface area contributed by atoms with Crippen LogP contribution in [0.5, 0.6) is 5.75 Å². The summed E-state index contributed by atoms with van der Waals surface area (Å²) in [5.74, 6) is 0.370. The molecule has 162 valence electrons. The van der Waals surface area contributed by atoms with Gasteiger partial charge in [0.05, 0.1) is 17.6 Å². The number of hydrogen-bond acceptors (Lipinski definition) is 5. The molecule has 0 saturated carbocycles. The van der Waals surface area contributed by atoms with E-state index in [2.05, 4.69) is 10.0 Å². The summed E-state index contributed by atoms with van der Waals surface area (Å²) in [7, 11) is -3.73. The second-order valence-corrected chi connectivity index (χ2v) is 9.06. The second kappa shape index (κ2) is 10.1. The van der Waals surface area contributed by atoms with Crippen molar-refractivity contribution >= 4 is 21.6 Å². The third kappa shape index (κ3) is 5.81. The molecule has 2 aromatic rings. The topological polar surface area (TPSA) is 93.7 Å². The SMILES string of the molecule is CCCOc1ccc(NC(=O)c2cccc(S(=O)(=O)NCC3CCCO3)c2)c(C)c1. The zero-order valence-electron chi connectivity index (χ0n) is 17.3. The molecule has 0 radical (unpaired) electrons. The number of ether oxygens (including phenoxy) is 2. The summed E-state index contributed by atoms with van der Waals surface area (Å²) < 4.78 is 38.8. The number of hydrogen-bond donors (Lipinski definition) is 2.